The molecule has 6 nitrogen and oxygen atoms in total. The Kier molecular flexibility index (Phi) is 7.57. The van der Waals surface area contributed by atoms with E-state index in [1.165, 1.54) is 24.1 Å². The molecule has 2 unspecified atom stereocenters. The smallest absolute Gasteiger partial charge is 0.339 e. The van der Waals surface area contributed by atoms with Crippen LogP contribution in [0.3, 0.4) is 0 Å². The maximum absolute atomic E-state index is 13.9. The average Bonchev–Trinajstić information content (AvgIpc) is 3.30. The summed E-state index contributed by atoms with van der Waals surface area (Å²) in [5.41, 5.74) is 3.15. The van der Waals surface area contributed by atoms with Gasteiger partial charge in [0.15, 0.2) is 0 Å². The zero-order valence-corrected chi connectivity index (χ0v) is 19.8. The third-order valence-corrected chi connectivity index (χ3v) is 7.25. The number of carboxylic acid groups (broad SMARTS) is 1. The molecule has 1 fully saturated rings. The zero-order chi connectivity index (χ0) is 23.4. The van der Waals surface area contributed by atoms with Gasteiger partial charge in [0.2, 0.25) is 0 Å². The van der Waals surface area contributed by atoms with E-state index in [0.717, 1.165) is 42.1 Å². The lowest BCUT2D eigenvalue weighted by atomic mass is 9.86. The lowest BCUT2D eigenvalue weighted by Crippen LogP contribution is -2.31. The number of halogens is 1. The van der Waals surface area contributed by atoms with E-state index in [0.29, 0.717) is 24.5 Å². The molecule has 2 aromatic rings. The second kappa shape index (κ2) is 10.6. The van der Waals surface area contributed by atoms with Crippen molar-refractivity contribution in [2.24, 2.45) is 0 Å². The van der Waals surface area contributed by atoms with Crippen LogP contribution < -0.4 is 10.0 Å². The van der Waals surface area contributed by atoms with Gasteiger partial charge in [0.25, 0.3) is 0 Å². The van der Waals surface area contributed by atoms with Gasteiger partial charge in [0.05, 0.1) is 17.5 Å². The molecule has 0 radical (unpaired) electrons. The van der Waals surface area contributed by atoms with E-state index in [1.54, 1.807) is 6.07 Å². The van der Waals surface area contributed by atoms with Crippen molar-refractivity contribution in [3.63, 3.8) is 0 Å². The Hall–Kier alpha value is -2.55. The quantitative estimate of drug-likeness (QED) is 0.429. The van der Waals surface area contributed by atoms with E-state index < -0.39 is 5.97 Å². The number of benzene rings is 2. The number of carboxylic acids is 1. The first-order valence-corrected chi connectivity index (χ1v) is 12.2. The van der Waals surface area contributed by atoms with Gasteiger partial charge in [-0.1, -0.05) is 32.1 Å². The summed E-state index contributed by atoms with van der Waals surface area (Å²) >= 11 is 1.28. The van der Waals surface area contributed by atoms with Crippen molar-refractivity contribution in [2.45, 2.75) is 37.2 Å². The summed E-state index contributed by atoms with van der Waals surface area (Å²) in [7, 11) is 0. The van der Waals surface area contributed by atoms with Gasteiger partial charge in [0, 0.05) is 30.5 Å². The number of fused-ring (bicyclic) bond motifs is 3. The predicted molar refractivity (Wildman–Crippen MR) is 132 cm³/mol. The molecule has 0 aliphatic carbocycles. The Morgan fingerprint density at radius 2 is 2.15 bits per heavy atom. The molecule has 2 aromatic carbocycles. The summed E-state index contributed by atoms with van der Waals surface area (Å²) in [4.78, 5) is 15.3. The Morgan fingerprint density at radius 1 is 1.33 bits per heavy atom. The number of hydrogen-bond donors (Lipinski definition) is 3. The Balaban J connectivity index is 1.56. The lowest BCUT2D eigenvalue weighted by Gasteiger charge is -2.30. The molecule has 2 atom stereocenters. The van der Waals surface area contributed by atoms with Crippen LogP contribution in [-0.4, -0.2) is 54.9 Å². The predicted octanol–water partition coefficient (Wildman–Crippen LogP) is 5.30. The summed E-state index contributed by atoms with van der Waals surface area (Å²) in [6.45, 7) is 8.21. The molecule has 8 heteroatoms. The normalized spacial score (nSPS) is 19.4. The Bertz CT molecular complexity index is 1040. The summed E-state index contributed by atoms with van der Waals surface area (Å²) in [6.07, 6.45) is 4.94. The lowest BCUT2D eigenvalue weighted by molar-refractivity contribution is 0.0697. The molecule has 1 saturated heterocycles. The number of nitrogens with one attached hydrogen (secondary N) is 2. The van der Waals surface area contributed by atoms with E-state index >= 15 is 0 Å². The van der Waals surface area contributed by atoms with E-state index in [2.05, 4.69) is 28.8 Å². The van der Waals surface area contributed by atoms with Crippen molar-refractivity contribution in [3.8, 4) is 0 Å². The van der Waals surface area contributed by atoms with E-state index in [-0.39, 0.29) is 23.4 Å². The molecule has 2 aliphatic rings. The van der Waals surface area contributed by atoms with Gasteiger partial charge >= 0.3 is 5.97 Å². The first-order valence-electron chi connectivity index (χ1n) is 11.4. The molecule has 2 aliphatic heterocycles. The van der Waals surface area contributed by atoms with Crippen LogP contribution in [0.4, 0.5) is 15.8 Å². The molecule has 0 amide bonds. The molecule has 2 heterocycles. The molecule has 0 bridgehead atoms. The van der Waals surface area contributed by atoms with Gasteiger partial charge in [-0.05, 0) is 66.9 Å². The van der Waals surface area contributed by atoms with Gasteiger partial charge in [-0.3, -0.25) is 0 Å². The average molecular weight is 472 g/mol. The second-order valence-corrected chi connectivity index (χ2v) is 9.07. The van der Waals surface area contributed by atoms with Crippen LogP contribution in [0.25, 0.3) is 6.08 Å². The molecule has 0 aromatic heterocycles. The van der Waals surface area contributed by atoms with Crippen LogP contribution in [-0.2, 0) is 4.74 Å². The van der Waals surface area contributed by atoms with Gasteiger partial charge in [-0.15, -0.1) is 0 Å². The van der Waals surface area contributed by atoms with Gasteiger partial charge in [-0.2, -0.15) is 0 Å². The van der Waals surface area contributed by atoms with Gasteiger partial charge < -0.3 is 24.8 Å². The zero-order valence-electron chi connectivity index (χ0n) is 18.9. The van der Waals surface area contributed by atoms with Crippen molar-refractivity contribution >= 4 is 35.4 Å². The van der Waals surface area contributed by atoms with E-state index in [9.17, 15) is 14.3 Å². The van der Waals surface area contributed by atoms with E-state index in [1.807, 2.05) is 24.3 Å². The van der Waals surface area contributed by atoms with Crippen molar-refractivity contribution < 1.29 is 19.0 Å². The highest BCUT2D eigenvalue weighted by molar-refractivity contribution is 8.00. The number of aromatic carboxylic acids is 1. The maximum atomic E-state index is 13.9. The fourth-order valence-electron chi connectivity index (χ4n) is 4.50. The number of ether oxygens (including phenoxy) is 1. The van der Waals surface area contributed by atoms with Gasteiger partial charge in [0.1, 0.15) is 11.4 Å². The number of hydrogen-bond acceptors (Lipinski definition) is 6. The van der Waals surface area contributed by atoms with E-state index in [4.69, 9.17) is 4.74 Å². The molecular weight excluding hydrogens is 441 g/mol. The summed E-state index contributed by atoms with van der Waals surface area (Å²) in [6, 6.07) is 8.42. The van der Waals surface area contributed by atoms with Crippen LogP contribution in [0.15, 0.2) is 41.3 Å². The van der Waals surface area contributed by atoms with Crippen LogP contribution in [0.1, 0.15) is 47.7 Å². The Morgan fingerprint density at radius 3 is 2.91 bits per heavy atom. The number of anilines is 2. The minimum absolute atomic E-state index is 0.0947. The third kappa shape index (κ3) is 5.18. The minimum atomic E-state index is -0.988. The third-order valence-electron chi connectivity index (χ3n) is 6.34. The highest BCUT2D eigenvalue weighted by atomic mass is 32.2. The van der Waals surface area contributed by atoms with Crippen LogP contribution in [0.2, 0.25) is 0 Å². The molecule has 0 saturated carbocycles. The topological polar surface area (TPSA) is 73.8 Å². The number of likely N-dealkylation sites (N-methyl/N-ethyl adjacent to an activating group) is 1. The highest BCUT2D eigenvalue weighted by Crippen LogP contribution is 2.43. The molecule has 176 valence electrons. The number of carbonyl (C=O) groups is 1. The van der Waals surface area contributed by atoms with Crippen LogP contribution in [0.5, 0.6) is 0 Å². The molecule has 33 heavy (non-hydrogen) atoms. The van der Waals surface area contributed by atoms with Crippen molar-refractivity contribution in [1.82, 2.24) is 4.90 Å². The monoisotopic (exact) mass is 471 g/mol. The van der Waals surface area contributed by atoms with Crippen LogP contribution >= 0.6 is 11.9 Å². The summed E-state index contributed by atoms with van der Waals surface area (Å²) in [5.74, 6) is -1.07. The standard InChI is InChI=1S/C25H30FN3O3S/c1-3-29(4-2)12-5-6-16-14-17(26)7-10-22(16)33-28-20-9-8-19-18-11-13-32-21(18)15-27-24(19)23(20)25(30)31/h5-10,14,18,21,27-28H,3-4,11-13,15H2,1-2H3,(H,30,31)/b6-5-. The Labute approximate surface area is 198 Å². The summed E-state index contributed by atoms with van der Waals surface area (Å²) in [5, 5.41) is 13.2. The van der Waals surface area contributed by atoms with Crippen molar-refractivity contribution in [2.75, 3.05) is 42.8 Å². The fraction of sp³-hybridized carbons (Fsp3) is 0.400. The molecule has 3 N–H and O–H groups in total. The second-order valence-electron chi connectivity index (χ2n) is 8.22. The first kappa shape index (κ1) is 23.6. The highest BCUT2D eigenvalue weighted by Gasteiger charge is 2.36. The minimum Gasteiger partial charge on any atom is -0.478 e. The molecule has 0 spiro atoms. The number of rotatable bonds is 9. The van der Waals surface area contributed by atoms with Crippen molar-refractivity contribution in [3.05, 3.63) is 58.9 Å². The summed E-state index contributed by atoms with van der Waals surface area (Å²) < 4.78 is 22.9. The number of nitrogens with zero attached hydrogens (tertiary/aromatic N) is 1. The van der Waals surface area contributed by atoms with Crippen molar-refractivity contribution in [1.29, 1.82) is 0 Å². The molecular formula is C25H30FN3O3S. The SMILES string of the molecule is CCN(CC)C/C=C\c1cc(F)ccc1SNc1ccc2c(c1C(=O)O)NCC1OCCC21. The fourth-order valence-corrected chi connectivity index (χ4v) is 5.27. The van der Waals surface area contributed by atoms with Gasteiger partial charge in [-0.25, -0.2) is 9.18 Å². The molecule has 4 rings (SSSR count). The first-order chi connectivity index (χ1) is 16.0. The van der Waals surface area contributed by atoms with Crippen LogP contribution in [0, 0.1) is 5.82 Å². The largest absolute Gasteiger partial charge is 0.478 e. The maximum Gasteiger partial charge on any atom is 0.339 e.